The van der Waals surface area contributed by atoms with Gasteiger partial charge in [-0.1, -0.05) is 18.2 Å². The first-order valence-corrected chi connectivity index (χ1v) is 9.29. The lowest BCUT2D eigenvalue weighted by molar-refractivity contribution is -0.133. The molecular weight excluding hydrogens is 368 g/mol. The van der Waals surface area contributed by atoms with Crippen LogP contribution in [0.25, 0.3) is 4.96 Å². The second-order valence-corrected chi connectivity index (χ2v) is 7.34. The van der Waals surface area contributed by atoms with E-state index < -0.39 is 11.6 Å². The molecule has 1 N–H and O–H groups in total. The summed E-state index contributed by atoms with van der Waals surface area (Å²) in [6, 6.07) is 8.06. The van der Waals surface area contributed by atoms with Gasteiger partial charge in [0.25, 0.3) is 11.5 Å². The predicted octanol–water partition coefficient (Wildman–Crippen LogP) is 1.49. The fraction of sp³-hybridized carbons (Fsp3) is 0.222. The molecule has 8 nitrogen and oxygen atoms in total. The lowest BCUT2D eigenvalue weighted by Gasteiger charge is -2.33. The average molecular weight is 382 g/mol. The zero-order valence-electron chi connectivity index (χ0n) is 14.0. The van der Waals surface area contributed by atoms with Gasteiger partial charge in [0.05, 0.1) is 18.8 Å². The van der Waals surface area contributed by atoms with Crippen molar-refractivity contribution in [1.82, 2.24) is 19.6 Å². The first kappa shape index (κ1) is 16.0. The van der Waals surface area contributed by atoms with Crippen LogP contribution in [-0.2, 0) is 16.9 Å². The first-order valence-electron chi connectivity index (χ1n) is 8.41. The highest BCUT2D eigenvalue weighted by molar-refractivity contribution is 7.15. The molecule has 5 rings (SSSR count). The van der Waals surface area contributed by atoms with E-state index in [0.717, 1.165) is 4.90 Å². The summed E-state index contributed by atoms with van der Waals surface area (Å²) in [6.07, 6.45) is 1.99. The average Bonchev–Trinajstić information content (AvgIpc) is 3.22. The third-order valence-electron chi connectivity index (χ3n) is 4.93. The Morgan fingerprint density at radius 2 is 2.11 bits per heavy atom. The standard InChI is InChI=1S/C18H14N4O4S/c23-14-9-11(19-17-21(14)6-8-27-17)10-22-15(24)18(20-16(22)25)5-7-26-13-4-2-1-3-12(13)18/h1-4,6,8-9H,5,7,10H2,(H,20,25)/t18-/m1/s1. The van der Waals surface area contributed by atoms with E-state index in [9.17, 15) is 14.4 Å². The molecule has 3 amide bonds. The summed E-state index contributed by atoms with van der Waals surface area (Å²) in [7, 11) is 0. The molecule has 0 unspecified atom stereocenters. The Morgan fingerprint density at radius 1 is 1.26 bits per heavy atom. The van der Waals surface area contributed by atoms with Crippen LogP contribution in [0.2, 0.25) is 0 Å². The number of hydrogen-bond acceptors (Lipinski definition) is 6. The molecule has 3 aromatic rings. The molecule has 0 bridgehead atoms. The number of urea groups is 1. The van der Waals surface area contributed by atoms with Crippen molar-refractivity contribution in [2.75, 3.05) is 6.61 Å². The molecule has 136 valence electrons. The maximum Gasteiger partial charge on any atom is 0.325 e. The van der Waals surface area contributed by atoms with Crippen LogP contribution < -0.4 is 15.6 Å². The largest absolute Gasteiger partial charge is 0.493 e. The van der Waals surface area contributed by atoms with Gasteiger partial charge in [-0.05, 0) is 6.07 Å². The molecule has 2 aliphatic rings. The van der Waals surface area contributed by atoms with E-state index in [1.165, 1.54) is 21.8 Å². The number of imide groups is 1. The molecule has 1 saturated heterocycles. The molecule has 1 spiro atoms. The van der Waals surface area contributed by atoms with E-state index in [1.807, 2.05) is 12.1 Å². The fourth-order valence-electron chi connectivity index (χ4n) is 3.65. The number of nitrogens with zero attached hydrogens (tertiary/aromatic N) is 3. The lowest BCUT2D eigenvalue weighted by Crippen LogP contribution is -2.47. The minimum Gasteiger partial charge on any atom is -0.493 e. The predicted molar refractivity (Wildman–Crippen MR) is 96.7 cm³/mol. The summed E-state index contributed by atoms with van der Waals surface area (Å²) in [5, 5.41) is 4.60. The molecule has 0 radical (unpaired) electrons. The third-order valence-corrected chi connectivity index (χ3v) is 5.69. The Hall–Kier alpha value is -3.20. The van der Waals surface area contributed by atoms with Gasteiger partial charge in [0.2, 0.25) is 0 Å². The number of amides is 3. The number of aromatic nitrogens is 2. The summed E-state index contributed by atoms with van der Waals surface area (Å²) in [5.74, 6) is 0.243. The Kier molecular flexibility index (Phi) is 3.35. The van der Waals surface area contributed by atoms with Crippen LogP contribution in [0.5, 0.6) is 5.75 Å². The summed E-state index contributed by atoms with van der Waals surface area (Å²) >= 11 is 1.32. The van der Waals surface area contributed by atoms with Crippen LogP contribution in [0.4, 0.5) is 4.79 Å². The number of thiazole rings is 1. The van der Waals surface area contributed by atoms with E-state index in [-0.39, 0.29) is 18.0 Å². The van der Waals surface area contributed by atoms with Crippen molar-refractivity contribution >= 4 is 28.2 Å². The molecule has 0 aliphatic carbocycles. The van der Waals surface area contributed by atoms with Gasteiger partial charge in [0.1, 0.15) is 5.75 Å². The number of carbonyl (C=O) groups excluding carboxylic acids is 2. The summed E-state index contributed by atoms with van der Waals surface area (Å²) in [5.41, 5.74) is -0.342. The lowest BCUT2D eigenvalue weighted by atomic mass is 9.84. The quantitative estimate of drug-likeness (QED) is 0.678. The van der Waals surface area contributed by atoms with E-state index >= 15 is 0 Å². The van der Waals surface area contributed by atoms with Crippen molar-refractivity contribution in [3.63, 3.8) is 0 Å². The SMILES string of the molecule is O=C1N[C@@]2(CCOc3ccccc32)C(=O)N1Cc1cc(=O)n2ccsc2n1. The molecule has 9 heteroatoms. The molecule has 1 fully saturated rings. The molecule has 1 aromatic carbocycles. The number of nitrogens with one attached hydrogen (secondary N) is 1. The summed E-state index contributed by atoms with van der Waals surface area (Å²) in [4.78, 5) is 44.0. The highest BCUT2D eigenvalue weighted by Crippen LogP contribution is 2.41. The zero-order chi connectivity index (χ0) is 18.6. The Bertz CT molecular complexity index is 1150. The van der Waals surface area contributed by atoms with Gasteiger partial charge in [-0.2, -0.15) is 0 Å². The minimum atomic E-state index is -1.13. The molecular formula is C18H14N4O4S. The smallest absolute Gasteiger partial charge is 0.325 e. The summed E-state index contributed by atoms with van der Waals surface area (Å²) in [6.45, 7) is 0.275. The minimum absolute atomic E-state index is 0.0565. The van der Waals surface area contributed by atoms with Gasteiger partial charge < -0.3 is 10.1 Å². The van der Waals surface area contributed by atoms with Crippen molar-refractivity contribution in [2.24, 2.45) is 0 Å². The number of carbonyl (C=O) groups is 2. The fourth-order valence-corrected chi connectivity index (χ4v) is 4.38. The van der Waals surface area contributed by atoms with Crippen molar-refractivity contribution < 1.29 is 14.3 Å². The second-order valence-electron chi connectivity index (χ2n) is 6.46. The highest BCUT2D eigenvalue weighted by Gasteiger charge is 2.54. The molecule has 2 aliphatic heterocycles. The number of hydrogen-bond donors (Lipinski definition) is 1. The normalized spacial score (nSPS) is 21.4. The molecule has 4 heterocycles. The molecule has 27 heavy (non-hydrogen) atoms. The highest BCUT2D eigenvalue weighted by atomic mass is 32.1. The Balaban J connectivity index is 1.53. The van der Waals surface area contributed by atoms with Crippen LogP contribution >= 0.6 is 11.3 Å². The van der Waals surface area contributed by atoms with Crippen molar-refractivity contribution in [1.29, 1.82) is 0 Å². The van der Waals surface area contributed by atoms with Crippen LogP contribution in [0.15, 0.2) is 46.7 Å². The maximum absolute atomic E-state index is 13.2. The third kappa shape index (κ3) is 2.28. The zero-order valence-corrected chi connectivity index (χ0v) is 14.9. The van der Waals surface area contributed by atoms with Crippen molar-refractivity contribution in [3.8, 4) is 5.75 Å². The van der Waals surface area contributed by atoms with Gasteiger partial charge >= 0.3 is 6.03 Å². The van der Waals surface area contributed by atoms with E-state index in [1.54, 1.807) is 23.7 Å². The Labute approximate surface area is 157 Å². The van der Waals surface area contributed by atoms with Crippen molar-refractivity contribution in [2.45, 2.75) is 18.5 Å². The van der Waals surface area contributed by atoms with Crippen LogP contribution in [0.1, 0.15) is 17.7 Å². The number of para-hydroxylation sites is 1. The second kappa shape index (κ2) is 5.65. The maximum atomic E-state index is 13.2. The van der Waals surface area contributed by atoms with Crippen molar-refractivity contribution in [3.05, 3.63) is 63.5 Å². The van der Waals surface area contributed by atoms with Crippen LogP contribution in [0, 0.1) is 0 Å². The monoisotopic (exact) mass is 382 g/mol. The number of rotatable bonds is 2. The van der Waals surface area contributed by atoms with Crippen LogP contribution in [0.3, 0.4) is 0 Å². The Morgan fingerprint density at radius 3 is 3.00 bits per heavy atom. The summed E-state index contributed by atoms with van der Waals surface area (Å²) < 4.78 is 7.05. The van der Waals surface area contributed by atoms with E-state index in [0.29, 0.717) is 35.0 Å². The van der Waals surface area contributed by atoms with Gasteiger partial charge in [0.15, 0.2) is 10.5 Å². The molecule has 1 atom stereocenters. The van der Waals surface area contributed by atoms with Gasteiger partial charge in [-0.25, -0.2) is 9.78 Å². The molecule has 2 aromatic heterocycles. The first-order chi connectivity index (χ1) is 13.1. The molecule has 0 saturated carbocycles. The number of fused-ring (bicyclic) bond motifs is 3. The number of benzene rings is 1. The van der Waals surface area contributed by atoms with Gasteiger partial charge in [-0.3, -0.25) is 18.9 Å². The van der Waals surface area contributed by atoms with Crippen LogP contribution in [-0.4, -0.2) is 32.8 Å². The topological polar surface area (TPSA) is 93.0 Å². The van der Waals surface area contributed by atoms with E-state index in [2.05, 4.69) is 10.3 Å². The van der Waals surface area contributed by atoms with Gasteiger partial charge in [-0.15, -0.1) is 11.3 Å². The van der Waals surface area contributed by atoms with E-state index in [4.69, 9.17) is 4.74 Å². The number of ether oxygens (including phenoxy) is 1. The van der Waals surface area contributed by atoms with Gasteiger partial charge in [0, 0.05) is 29.6 Å².